The van der Waals surface area contributed by atoms with Crippen LogP contribution in [0, 0.1) is 5.92 Å². The number of carboxylic acid groups (broad SMARTS) is 1. The lowest BCUT2D eigenvalue weighted by atomic mass is 9.76. The van der Waals surface area contributed by atoms with E-state index in [-0.39, 0.29) is 6.10 Å². The summed E-state index contributed by atoms with van der Waals surface area (Å²) in [6.07, 6.45) is 2.84. The van der Waals surface area contributed by atoms with Crippen LogP contribution in [0.5, 0.6) is 0 Å². The first kappa shape index (κ1) is 11.6. The van der Waals surface area contributed by atoms with Crippen LogP contribution >= 0.6 is 0 Å². The van der Waals surface area contributed by atoms with Crippen LogP contribution in [0.4, 0.5) is 0 Å². The van der Waals surface area contributed by atoms with E-state index in [2.05, 4.69) is 22.4 Å². The first-order chi connectivity index (χ1) is 8.65. The number of nitrogens with zero attached hydrogens (tertiary/aromatic N) is 4. The lowest BCUT2D eigenvalue weighted by Crippen LogP contribution is -2.49. The van der Waals surface area contributed by atoms with Crippen LogP contribution in [0.15, 0.2) is 0 Å². The number of carboxylic acids is 1. The molecule has 7 nitrogen and oxygen atoms in total. The summed E-state index contributed by atoms with van der Waals surface area (Å²) >= 11 is 0. The van der Waals surface area contributed by atoms with Crippen LogP contribution in [0.3, 0.4) is 0 Å². The van der Waals surface area contributed by atoms with E-state index in [1.807, 2.05) is 0 Å². The minimum atomic E-state index is -0.954. The molecule has 1 saturated carbocycles. The summed E-state index contributed by atoms with van der Waals surface area (Å²) in [5, 5.41) is 21.0. The van der Waals surface area contributed by atoms with Crippen molar-refractivity contribution in [2.75, 3.05) is 6.61 Å². The van der Waals surface area contributed by atoms with Gasteiger partial charge in [-0.1, -0.05) is 6.92 Å². The monoisotopic (exact) mass is 252 g/mol. The van der Waals surface area contributed by atoms with Gasteiger partial charge in [0.25, 0.3) is 0 Å². The van der Waals surface area contributed by atoms with Crippen LogP contribution in [0.25, 0.3) is 0 Å². The molecule has 2 aliphatic rings. The minimum Gasteiger partial charge on any atom is -0.479 e. The maximum absolute atomic E-state index is 11.5. The summed E-state index contributed by atoms with van der Waals surface area (Å²) in [5.41, 5.74) is -0.954. The van der Waals surface area contributed by atoms with E-state index in [0.29, 0.717) is 31.2 Å². The van der Waals surface area contributed by atoms with Gasteiger partial charge < -0.3 is 9.84 Å². The third-order valence-electron chi connectivity index (χ3n) is 4.12. The Morgan fingerprint density at radius 1 is 1.56 bits per heavy atom. The molecule has 98 valence electrons. The van der Waals surface area contributed by atoms with Gasteiger partial charge in [0, 0.05) is 6.61 Å². The van der Waals surface area contributed by atoms with Crippen molar-refractivity contribution in [3.63, 3.8) is 0 Å². The molecule has 0 spiro atoms. The van der Waals surface area contributed by atoms with Gasteiger partial charge in [0.2, 0.25) is 0 Å². The van der Waals surface area contributed by atoms with Crippen molar-refractivity contribution < 1.29 is 14.6 Å². The van der Waals surface area contributed by atoms with Crippen molar-refractivity contribution in [1.29, 1.82) is 0 Å². The molecule has 1 aliphatic heterocycles. The molecule has 1 aliphatic carbocycles. The van der Waals surface area contributed by atoms with Crippen molar-refractivity contribution in [3.05, 3.63) is 5.82 Å². The molecule has 1 saturated heterocycles. The highest BCUT2D eigenvalue weighted by Gasteiger charge is 2.50. The molecule has 1 N–H and O–H groups in total. The number of ether oxygens (including phenoxy) is 1. The zero-order chi connectivity index (χ0) is 12.8. The van der Waals surface area contributed by atoms with Gasteiger partial charge in [-0.3, -0.25) is 0 Å². The van der Waals surface area contributed by atoms with Crippen LogP contribution in [-0.2, 0) is 15.1 Å². The van der Waals surface area contributed by atoms with Crippen molar-refractivity contribution >= 4 is 5.97 Å². The number of hydrogen-bond donors (Lipinski definition) is 1. The standard InChI is InChI=1S/C11H16N4O3/c1-7-3-6-18-8(7)9-12-13-14-15(9)11(10(16)17)4-2-5-11/h7-8H,2-6H2,1H3,(H,16,17). The second kappa shape index (κ2) is 4.01. The summed E-state index contributed by atoms with van der Waals surface area (Å²) < 4.78 is 7.11. The van der Waals surface area contributed by atoms with E-state index < -0.39 is 11.5 Å². The number of aromatic nitrogens is 4. The first-order valence-electron chi connectivity index (χ1n) is 6.29. The molecule has 18 heavy (non-hydrogen) atoms. The molecule has 0 aromatic carbocycles. The predicted octanol–water partition coefficient (Wildman–Crippen LogP) is 0.734. The van der Waals surface area contributed by atoms with Gasteiger partial charge in [-0.15, -0.1) is 5.10 Å². The highest BCUT2D eigenvalue weighted by Crippen LogP contribution is 2.42. The lowest BCUT2D eigenvalue weighted by molar-refractivity contribution is -0.153. The quantitative estimate of drug-likeness (QED) is 0.853. The summed E-state index contributed by atoms with van der Waals surface area (Å²) in [7, 11) is 0. The molecule has 2 atom stereocenters. The maximum atomic E-state index is 11.5. The average molecular weight is 252 g/mol. The Morgan fingerprint density at radius 3 is 2.83 bits per heavy atom. The first-order valence-corrected chi connectivity index (χ1v) is 6.29. The third-order valence-corrected chi connectivity index (χ3v) is 4.12. The molecule has 0 bridgehead atoms. The summed E-state index contributed by atoms with van der Waals surface area (Å²) in [6, 6.07) is 0. The Kier molecular flexibility index (Phi) is 2.58. The van der Waals surface area contributed by atoms with E-state index >= 15 is 0 Å². The van der Waals surface area contributed by atoms with Gasteiger partial charge in [0.15, 0.2) is 11.4 Å². The third kappa shape index (κ3) is 1.46. The van der Waals surface area contributed by atoms with Gasteiger partial charge in [0.05, 0.1) is 0 Å². The smallest absolute Gasteiger partial charge is 0.331 e. The van der Waals surface area contributed by atoms with Gasteiger partial charge in [-0.05, 0) is 42.0 Å². The predicted molar refractivity (Wildman–Crippen MR) is 59.8 cm³/mol. The molecule has 0 amide bonds. The number of aliphatic carboxylic acids is 1. The van der Waals surface area contributed by atoms with Crippen LogP contribution in [0.2, 0.25) is 0 Å². The molecule has 7 heteroatoms. The fourth-order valence-electron chi connectivity index (χ4n) is 2.73. The molecular weight excluding hydrogens is 236 g/mol. The number of tetrazole rings is 1. The molecule has 2 fully saturated rings. The zero-order valence-electron chi connectivity index (χ0n) is 10.2. The Bertz CT molecular complexity index is 469. The van der Waals surface area contributed by atoms with Crippen molar-refractivity contribution in [1.82, 2.24) is 20.2 Å². The average Bonchev–Trinajstić information content (AvgIpc) is 2.84. The zero-order valence-corrected chi connectivity index (χ0v) is 10.2. The Labute approximate surface area is 104 Å². The minimum absolute atomic E-state index is 0.183. The van der Waals surface area contributed by atoms with Crippen molar-refractivity contribution in [3.8, 4) is 0 Å². The second-order valence-electron chi connectivity index (χ2n) is 5.20. The Morgan fingerprint density at radius 2 is 2.33 bits per heavy atom. The van der Waals surface area contributed by atoms with Crippen molar-refractivity contribution in [2.24, 2.45) is 5.92 Å². The molecule has 1 aromatic rings. The Balaban J connectivity index is 1.98. The van der Waals surface area contributed by atoms with Crippen LogP contribution < -0.4 is 0 Å². The fraction of sp³-hybridized carbons (Fsp3) is 0.818. The molecule has 2 unspecified atom stereocenters. The number of hydrogen-bond acceptors (Lipinski definition) is 5. The van der Waals surface area contributed by atoms with Crippen LogP contribution in [-0.4, -0.2) is 37.9 Å². The molecule has 0 radical (unpaired) electrons. The van der Waals surface area contributed by atoms with Gasteiger partial charge in [-0.25, -0.2) is 9.48 Å². The molecular formula is C11H16N4O3. The van der Waals surface area contributed by atoms with Gasteiger partial charge >= 0.3 is 5.97 Å². The van der Waals surface area contributed by atoms with Crippen LogP contribution in [0.1, 0.15) is 44.5 Å². The molecule has 3 rings (SSSR count). The van der Waals surface area contributed by atoms with Gasteiger partial charge in [-0.2, -0.15) is 0 Å². The summed E-state index contributed by atoms with van der Waals surface area (Å²) in [5.74, 6) is 0.0238. The van der Waals surface area contributed by atoms with E-state index in [1.165, 1.54) is 4.68 Å². The summed E-state index contributed by atoms with van der Waals surface area (Å²) in [6.45, 7) is 2.75. The summed E-state index contributed by atoms with van der Waals surface area (Å²) in [4.78, 5) is 11.5. The highest BCUT2D eigenvalue weighted by molar-refractivity contribution is 5.77. The SMILES string of the molecule is CC1CCOC1c1nnnn1C1(C(=O)O)CCC1. The van der Waals surface area contributed by atoms with E-state index in [1.54, 1.807) is 0 Å². The molecule has 2 heterocycles. The number of carbonyl (C=O) groups is 1. The fourth-order valence-corrected chi connectivity index (χ4v) is 2.73. The van der Waals surface area contributed by atoms with E-state index in [4.69, 9.17) is 4.74 Å². The molecule has 1 aromatic heterocycles. The highest BCUT2D eigenvalue weighted by atomic mass is 16.5. The topological polar surface area (TPSA) is 90.1 Å². The van der Waals surface area contributed by atoms with E-state index in [9.17, 15) is 9.90 Å². The Hall–Kier alpha value is -1.50. The maximum Gasteiger partial charge on any atom is 0.331 e. The lowest BCUT2D eigenvalue weighted by Gasteiger charge is -2.38. The number of rotatable bonds is 3. The van der Waals surface area contributed by atoms with E-state index in [0.717, 1.165) is 12.8 Å². The van der Waals surface area contributed by atoms with Gasteiger partial charge in [0.1, 0.15) is 6.10 Å². The largest absolute Gasteiger partial charge is 0.479 e. The van der Waals surface area contributed by atoms with Crippen molar-refractivity contribution in [2.45, 2.75) is 44.2 Å². The normalized spacial score (nSPS) is 30.1. The second-order valence-corrected chi connectivity index (χ2v) is 5.20.